The first kappa shape index (κ1) is 15.2. The van der Waals surface area contributed by atoms with Crippen molar-refractivity contribution in [2.75, 3.05) is 31.3 Å². The number of carbonyl (C=O) groups excluding carboxylic acids is 1. The third kappa shape index (κ3) is 3.90. The molecule has 110 valence electrons. The van der Waals surface area contributed by atoms with Crippen molar-refractivity contribution in [1.29, 1.82) is 0 Å². The van der Waals surface area contributed by atoms with Crippen molar-refractivity contribution in [3.05, 3.63) is 29.8 Å². The number of para-hydroxylation sites is 1. The van der Waals surface area contributed by atoms with Gasteiger partial charge in [0.05, 0.1) is 12.7 Å². The van der Waals surface area contributed by atoms with Crippen LogP contribution in [-0.4, -0.2) is 43.0 Å². The van der Waals surface area contributed by atoms with E-state index in [-0.39, 0.29) is 12.1 Å². The third-order valence-electron chi connectivity index (χ3n) is 3.44. The molecule has 1 saturated heterocycles. The molecule has 0 radical (unpaired) electrons. The molecule has 20 heavy (non-hydrogen) atoms. The minimum atomic E-state index is -0.0275. The predicted molar refractivity (Wildman–Crippen MR) is 84.3 cm³/mol. The fourth-order valence-electron chi connectivity index (χ4n) is 2.27. The number of carbonyl (C=O) groups is 1. The van der Waals surface area contributed by atoms with Gasteiger partial charge in [-0.3, -0.25) is 0 Å². The van der Waals surface area contributed by atoms with Crippen molar-refractivity contribution >= 4 is 23.5 Å². The lowest BCUT2D eigenvalue weighted by molar-refractivity contribution is -0.0134. The Morgan fingerprint density at radius 1 is 1.50 bits per heavy atom. The first-order chi connectivity index (χ1) is 9.74. The Kier molecular flexibility index (Phi) is 5.73. The van der Waals surface area contributed by atoms with Crippen LogP contribution in [0, 0.1) is 0 Å². The van der Waals surface area contributed by atoms with Crippen LogP contribution in [0.2, 0.25) is 0 Å². The molecular formula is C15H22N2O2S. The number of nitrogens with one attached hydrogen (secondary N) is 1. The van der Waals surface area contributed by atoms with Gasteiger partial charge in [-0.1, -0.05) is 25.1 Å². The summed E-state index contributed by atoms with van der Waals surface area (Å²) in [5, 5.41) is 3.03. The lowest BCUT2D eigenvalue weighted by atomic mass is 10.2. The van der Waals surface area contributed by atoms with Crippen molar-refractivity contribution in [2.24, 2.45) is 0 Å². The summed E-state index contributed by atoms with van der Waals surface area (Å²) >= 11 is 1.75. The van der Waals surface area contributed by atoms with Crippen molar-refractivity contribution < 1.29 is 9.53 Å². The molecule has 1 aromatic rings. The minimum Gasteiger partial charge on any atom is -0.375 e. The molecule has 0 unspecified atom stereocenters. The summed E-state index contributed by atoms with van der Waals surface area (Å²) in [4.78, 5) is 14.2. The molecule has 2 amide bonds. The number of ether oxygens (including phenoxy) is 1. The van der Waals surface area contributed by atoms with E-state index in [1.807, 2.05) is 23.1 Å². The molecule has 1 aliphatic rings. The summed E-state index contributed by atoms with van der Waals surface area (Å²) in [7, 11) is 0. The Labute approximate surface area is 124 Å². The van der Waals surface area contributed by atoms with Crippen molar-refractivity contribution in [1.82, 2.24) is 4.90 Å². The summed E-state index contributed by atoms with van der Waals surface area (Å²) in [5.41, 5.74) is 2.07. The monoisotopic (exact) mass is 294 g/mol. The fraction of sp³-hybridized carbons (Fsp3) is 0.533. The van der Waals surface area contributed by atoms with E-state index < -0.39 is 0 Å². The minimum absolute atomic E-state index is 0.0275. The number of urea groups is 1. The molecule has 0 aliphatic carbocycles. The van der Waals surface area contributed by atoms with Crippen LogP contribution >= 0.6 is 11.8 Å². The van der Waals surface area contributed by atoms with Gasteiger partial charge in [-0.25, -0.2) is 4.79 Å². The molecule has 1 fully saturated rings. The summed E-state index contributed by atoms with van der Waals surface area (Å²) in [6.45, 7) is 4.04. The van der Waals surface area contributed by atoms with E-state index in [1.54, 1.807) is 11.8 Å². The molecular weight excluding hydrogens is 272 g/mol. The van der Waals surface area contributed by atoms with E-state index in [1.165, 1.54) is 0 Å². The van der Waals surface area contributed by atoms with Gasteiger partial charge in [0.2, 0.25) is 0 Å². The Morgan fingerprint density at radius 3 is 3.05 bits per heavy atom. The number of morpholine rings is 1. The Balaban J connectivity index is 2.00. The standard InChI is InChI=1S/C15H22N2O2S/c1-3-13-10-17(8-9-19-13)15(18)16-14-7-5-4-6-12(14)11-20-2/h4-7,13H,3,8-11H2,1-2H3,(H,16,18)/t13-/m1/s1. The molecule has 1 aromatic carbocycles. The van der Waals surface area contributed by atoms with Gasteiger partial charge in [-0.15, -0.1) is 0 Å². The van der Waals surface area contributed by atoms with Crippen molar-refractivity contribution in [2.45, 2.75) is 25.2 Å². The van der Waals surface area contributed by atoms with Gasteiger partial charge >= 0.3 is 6.03 Å². The number of benzene rings is 1. The van der Waals surface area contributed by atoms with Crippen LogP contribution in [0.25, 0.3) is 0 Å². The lowest BCUT2D eigenvalue weighted by Gasteiger charge is -2.32. The van der Waals surface area contributed by atoms with Gasteiger partial charge in [-0.2, -0.15) is 11.8 Å². The molecule has 0 saturated carbocycles. The third-order valence-corrected chi connectivity index (χ3v) is 4.04. The normalized spacial score (nSPS) is 18.9. The molecule has 1 N–H and O–H groups in total. The molecule has 1 heterocycles. The van der Waals surface area contributed by atoms with Crippen molar-refractivity contribution in [3.63, 3.8) is 0 Å². The average Bonchev–Trinajstić information content (AvgIpc) is 2.49. The zero-order valence-electron chi connectivity index (χ0n) is 12.1. The van der Waals surface area contributed by atoms with E-state index in [0.717, 1.165) is 23.4 Å². The molecule has 0 aromatic heterocycles. The topological polar surface area (TPSA) is 41.6 Å². The second-order valence-electron chi connectivity index (χ2n) is 4.87. The van der Waals surface area contributed by atoms with Crippen LogP contribution in [0.15, 0.2) is 24.3 Å². The second kappa shape index (κ2) is 7.55. The highest BCUT2D eigenvalue weighted by molar-refractivity contribution is 7.97. The molecule has 0 bridgehead atoms. The Bertz CT molecular complexity index is 453. The number of hydrogen-bond donors (Lipinski definition) is 1. The Morgan fingerprint density at radius 2 is 2.30 bits per heavy atom. The van der Waals surface area contributed by atoms with Crippen LogP contribution in [0.5, 0.6) is 0 Å². The summed E-state index contributed by atoms with van der Waals surface area (Å²) in [5.74, 6) is 0.900. The van der Waals surface area contributed by atoms with Gasteiger partial charge in [-0.05, 0) is 24.3 Å². The molecule has 1 aliphatic heterocycles. The maximum Gasteiger partial charge on any atom is 0.322 e. The van der Waals surface area contributed by atoms with E-state index in [4.69, 9.17) is 4.74 Å². The van der Waals surface area contributed by atoms with E-state index in [0.29, 0.717) is 19.7 Å². The SMILES string of the molecule is CC[C@@H]1CN(C(=O)Nc2ccccc2CSC)CCO1. The molecule has 0 spiro atoms. The molecule has 1 atom stereocenters. The summed E-state index contributed by atoms with van der Waals surface area (Å²) < 4.78 is 5.60. The van der Waals surface area contributed by atoms with Gasteiger partial charge in [0.1, 0.15) is 0 Å². The average molecular weight is 294 g/mol. The van der Waals surface area contributed by atoms with E-state index in [2.05, 4.69) is 24.6 Å². The van der Waals surface area contributed by atoms with Crippen LogP contribution in [0.3, 0.4) is 0 Å². The largest absolute Gasteiger partial charge is 0.375 e. The number of thioether (sulfide) groups is 1. The van der Waals surface area contributed by atoms with Gasteiger partial charge in [0, 0.05) is 24.5 Å². The predicted octanol–water partition coefficient (Wildman–Crippen LogP) is 3.19. The van der Waals surface area contributed by atoms with Gasteiger partial charge in [0.25, 0.3) is 0 Å². The molecule has 2 rings (SSSR count). The highest BCUT2D eigenvalue weighted by Crippen LogP contribution is 2.20. The number of amides is 2. The number of hydrogen-bond acceptors (Lipinski definition) is 3. The quantitative estimate of drug-likeness (QED) is 0.927. The number of anilines is 1. The number of nitrogens with zero attached hydrogens (tertiary/aromatic N) is 1. The van der Waals surface area contributed by atoms with Crippen LogP contribution < -0.4 is 5.32 Å². The van der Waals surface area contributed by atoms with Crippen LogP contribution in [-0.2, 0) is 10.5 Å². The maximum atomic E-state index is 12.3. The van der Waals surface area contributed by atoms with E-state index >= 15 is 0 Å². The van der Waals surface area contributed by atoms with Gasteiger partial charge < -0.3 is 15.0 Å². The highest BCUT2D eigenvalue weighted by Gasteiger charge is 2.23. The smallest absolute Gasteiger partial charge is 0.322 e. The lowest BCUT2D eigenvalue weighted by Crippen LogP contribution is -2.47. The Hall–Kier alpha value is -1.20. The second-order valence-corrected chi connectivity index (χ2v) is 5.73. The maximum absolute atomic E-state index is 12.3. The van der Waals surface area contributed by atoms with Crippen LogP contribution in [0.1, 0.15) is 18.9 Å². The first-order valence-electron chi connectivity index (χ1n) is 6.99. The zero-order chi connectivity index (χ0) is 14.4. The van der Waals surface area contributed by atoms with Crippen LogP contribution in [0.4, 0.5) is 10.5 Å². The zero-order valence-corrected chi connectivity index (χ0v) is 12.9. The fourth-order valence-corrected chi connectivity index (χ4v) is 2.83. The summed E-state index contributed by atoms with van der Waals surface area (Å²) in [6, 6.07) is 7.94. The van der Waals surface area contributed by atoms with Gasteiger partial charge in [0.15, 0.2) is 0 Å². The number of rotatable bonds is 4. The molecule has 5 heteroatoms. The summed E-state index contributed by atoms with van der Waals surface area (Å²) in [6.07, 6.45) is 3.16. The van der Waals surface area contributed by atoms with Crippen molar-refractivity contribution in [3.8, 4) is 0 Å². The van der Waals surface area contributed by atoms with E-state index in [9.17, 15) is 4.79 Å². The first-order valence-corrected chi connectivity index (χ1v) is 8.38. The molecule has 4 nitrogen and oxygen atoms in total. The highest BCUT2D eigenvalue weighted by atomic mass is 32.2.